The van der Waals surface area contributed by atoms with E-state index in [9.17, 15) is 24.0 Å². The molecule has 1 N–H and O–H groups in total. The van der Waals surface area contributed by atoms with Crippen LogP contribution in [-0.4, -0.2) is 52.4 Å². The second kappa shape index (κ2) is 10.9. The molecule has 0 fully saturated rings. The summed E-state index contributed by atoms with van der Waals surface area (Å²) in [6.45, 7) is 11.4. The summed E-state index contributed by atoms with van der Waals surface area (Å²) < 4.78 is 5.16. The molecular weight excluding hydrogens is 414 g/mol. The largest absolute Gasteiger partial charge is 0.461 e. The molecule has 1 amide bonds. The van der Waals surface area contributed by atoms with Gasteiger partial charge in [-0.2, -0.15) is 4.79 Å². The van der Waals surface area contributed by atoms with Gasteiger partial charge in [0.15, 0.2) is 11.6 Å². The SMILES string of the molecule is CC1=C(C)C(=O)C(C(C)(C)CC(=O)N[C@@H](CCC(=O)C=[N+]=[N-])C(=O)OC(C)C)=C(C)C1=O. The molecule has 0 radical (unpaired) electrons. The van der Waals surface area contributed by atoms with Crippen LogP contribution in [0.25, 0.3) is 5.53 Å². The zero-order chi connectivity index (χ0) is 24.8. The highest BCUT2D eigenvalue weighted by molar-refractivity contribution is 6.25. The Morgan fingerprint density at radius 2 is 1.62 bits per heavy atom. The van der Waals surface area contributed by atoms with Crippen molar-refractivity contribution in [2.45, 2.75) is 79.9 Å². The lowest BCUT2D eigenvalue weighted by molar-refractivity contribution is -0.152. The van der Waals surface area contributed by atoms with Crippen LogP contribution >= 0.6 is 0 Å². The summed E-state index contributed by atoms with van der Waals surface area (Å²) in [5.41, 5.74) is 8.80. The summed E-state index contributed by atoms with van der Waals surface area (Å²) in [5, 5.41) is 2.57. The number of allylic oxidation sites excluding steroid dienone is 4. The number of hydrogen-bond donors (Lipinski definition) is 1. The van der Waals surface area contributed by atoms with E-state index in [0.29, 0.717) is 22.9 Å². The fourth-order valence-corrected chi connectivity index (χ4v) is 3.62. The molecule has 0 saturated carbocycles. The van der Waals surface area contributed by atoms with E-state index in [2.05, 4.69) is 10.1 Å². The third-order valence-corrected chi connectivity index (χ3v) is 5.32. The maximum Gasteiger partial charge on any atom is 0.328 e. The van der Waals surface area contributed by atoms with Crippen LogP contribution < -0.4 is 5.32 Å². The summed E-state index contributed by atoms with van der Waals surface area (Å²) in [6, 6.07) is -1.10. The number of ether oxygens (including phenoxy) is 1. The van der Waals surface area contributed by atoms with Crippen molar-refractivity contribution in [3.8, 4) is 0 Å². The minimum absolute atomic E-state index is 0.0528. The highest BCUT2D eigenvalue weighted by atomic mass is 16.5. The third-order valence-electron chi connectivity index (χ3n) is 5.32. The lowest BCUT2D eigenvalue weighted by atomic mass is 9.71. The zero-order valence-corrected chi connectivity index (χ0v) is 19.7. The van der Waals surface area contributed by atoms with E-state index >= 15 is 0 Å². The fraction of sp³-hybridized carbons (Fsp3) is 0.565. The topological polar surface area (TPSA) is 143 Å². The molecule has 9 nitrogen and oxygen atoms in total. The number of esters is 1. The van der Waals surface area contributed by atoms with E-state index in [0.717, 1.165) is 0 Å². The van der Waals surface area contributed by atoms with E-state index in [1.54, 1.807) is 48.5 Å². The molecule has 1 atom stereocenters. The highest BCUT2D eigenvalue weighted by Gasteiger charge is 2.39. The van der Waals surface area contributed by atoms with E-state index in [4.69, 9.17) is 10.3 Å². The number of hydrogen-bond acceptors (Lipinski definition) is 6. The Balaban J connectivity index is 3.06. The number of amides is 1. The van der Waals surface area contributed by atoms with Gasteiger partial charge in [-0.15, -0.1) is 0 Å². The van der Waals surface area contributed by atoms with Gasteiger partial charge >= 0.3 is 12.2 Å². The first-order valence-electron chi connectivity index (χ1n) is 10.4. The van der Waals surface area contributed by atoms with Crippen molar-refractivity contribution < 1.29 is 33.5 Å². The number of rotatable bonds is 10. The van der Waals surface area contributed by atoms with Crippen molar-refractivity contribution >= 4 is 35.4 Å². The third kappa shape index (κ3) is 6.65. The molecule has 0 aliphatic heterocycles. The standard InChI is InChI=1S/C23H31N3O6/c1-12(2)32-22(31)17(9-8-16(27)11-25-24)26-18(28)10-23(6,7)19-15(5)20(29)13(3)14(4)21(19)30/h11-12,17H,8-10H2,1-7H3,(H,26,28)/t17-/m0/s1. The average molecular weight is 446 g/mol. The van der Waals surface area contributed by atoms with Gasteiger partial charge in [0.25, 0.3) is 0 Å². The summed E-state index contributed by atoms with van der Waals surface area (Å²) in [7, 11) is 0. The number of nitrogens with one attached hydrogen (secondary N) is 1. The maximum atomic E-state index is 12.9. The van der Waals surface area contributed by atoms with Gasteiger partial charge in [-0.25, -0.2) is 4.79 Å². The zero-order valence-electron chi connectivity index (χ0n) is 19.7. The smallest absolute Gasteiger partial charge is 0.328 e. The summed E-state index contributed by atoms with van der Waals surface area (Å²) in [4.78, 5) is 64.9. The first-order chi connectivity index (χ1) is 14.7. The Labute approximate surface area is 187 Å². The second-order valence-electron chi connectivity index (χ2n) is 8.82. The monoisotopic (exact) mass is 445 g/mol. The van der Waals surface area contributed by atoms with Crippen molar-refractivity contribution in [2.24, 2.45) is 5.41 Å². The van der Waals surface area contributed by atoms with E-state index in [-0.39, 0.29) is 36.4 Å². The Bertz CT molecular complexity index is 949. The van der Waals surface area contributed by atoms with Gasteiger partial charge in [0.05, 0.1) is 6.10 Å². The number of carbonyl (C=O) groups excluding carboxylic acids is 5. The second-order valence-corrected chi connectivity index (χ2v) is 8.82. The lowest BCUT2D eigenvalue weighted by Crippen LogP contribution is -2.44. The van der Waals surface area contributed by atoms with Gasteiger partial charge in [-0.05, 0) is 41.0 Å². The van der Waals surface area contributed by atoms with Gasteiger partial charge in [0.1, 0.15) is 6.04 Å². The van der Waals surface area contributed by atoms with Crippen LogP contribution in [0.4, 0.5) is 0 Å². The molecule has 0 bridgehead atoms. The van der Waals surface area contributed by atoms with Gasteiger partial charge < -0.3 is 15.6 Å². The van der Waals surface area contributed by atoms with Crippen LogP contribution in [-0.2, 0) is 28.7 Å². The molecule has 1 rings (SSSR count). The quantitative estimate of drug-likeness (QED) is 0.180. The molecule has 9 heteroatoms. The lowest BCUT2D eigenvalue weighted by Gasteiger charge is -2.32. The van der Waals surface area contributed by atoms with Crippen molar-refractivity contribution in [1.29, 1.82) is 0 Å². The van der Waals surface area contributed by atoms with E-state index in [1.807, 2.05) is 0 Å². The number of nitrogens with zero attached hydrogens (tertiary/aromatic N) is 2. The number of ketones is 3. The Morgan fingerprint density at radius 1 is 1.06 bits per heavy atom. The van der Waals surface area contributed by atoms with Crippen LogP contribution in [0.3, 0.4) is 0 Å². The Kier molecular flexibility index (Phi) is 9.15. The molecule has 0 aromatic rings. The molecular formula is C23H31N3O6. The fourth-order valence-electron chi connectivity index (χ4n) is 3.62. The van der Waals surface area contributed by atoms with Crippen LogP contribution in [0, 0.1) is 5.41 Å². The molecule has 0 aromatic heterocycles. The molecule has 174 valence electrons. The minimum atomic E-state index is -1.10. The number of carbonyl (C=O) groups is 5. The molecule has 0 unspecified atom stereocenters. The van der Waals surface area contributed by atoms with Crippen molar-refractivity contribution in [3.63, 3.8) is 0 Å². The van der Waals surface area contributed by atoms with Gasteiger partial charge in [-0.1, -0.05) is 13.8 Å². The van der Waals surface area contributed by atoms with Crippen molar-refractivity contribution in [2.75, 3.05) is 0 Å². The summed E-state index contributed by atoms with van der Waals surface area (Å²) in [5.74, 6) is -2.26. The predicted octanol–water partition coefficient (Wildman–Crippen LogP) is 2.29. The predicted molar refractivity (Wildman–Crippen MR) is 117 cm³/mol. The van der Waals surface area contributed by atoms with Crippen molar-refractivity contribution in [1.82, 2.24) is 5.32 Å². The molecule has 32 heavy (non-hydrogen) atoms. The maximum absolute atomic E-state index is 12.9. The molecule has 0 heterocycles. The molecule has 0 spiro atoms. The molecule has 1 aliphatic rings. The van der Waals surface area contributed by atoms with Crippen LogP contribution in [0.2, 0.25) is 0 Å². The van der Waals surface area contributed by atoms with Crippen molar-refractivity contribution in [3.05, 3.63) is 27.8 Å². The van der Waals surface area contributed by atoms with Gasteiger partial charge in [-0.3, -0.25) is 19.2 Å². The van der Waals surface area contributed by atoms with Crippen LogP contribution in [0.15, 0.2) is 22.3 Å². The first kappa shape index (κ1) is 26.8. The Morgan fingerprint density at radius 3 is 2.16 bits per heavy atom. The summed E-state index contributed by atoms with van der Waals surface area (Å²) >= 11 is 0. The van der Waals surface area contributed by atoms with E-state index < -0.39 is 35.2 Å². The Hall–Kier alpha value is -3.19. The molecule has 1 aliphatic carbocycles. The minimum Gasteiger partial charge on any atom is -0.461 e. The highest BCUT2D eigenvalue weighted by Crippen LogP contribution is 2.38. The normalized spacial score (nSPS) is 15.5. The summed E-state index contributed by atoms with van der Waals surface area (Å²) in [6.07, 6.45) is -0.0731. The molecule has 0 saturated heterocycles. The molecule has 0 aromatic carbocycles. The van der Waals surface area contributed by atoms with E-state index in [1.165, 1.54) is 0 Å². The van der Waals surface area contributed by atoms with Gasteiger partial charge in [0, 0.05) is 40.5 Å². The average Bonchev–Trinajstić information content (AvgIpc) is 2.67. The van der Waals surface area contributed by atoms with Crippen LogP contribution in [0.5, 0.6) is 0 Å². The van der Waals surface area contributed by atoms with Crippen LogP contribution in [0.1, 0.15) is 67.7 Å². The van der Waals surface area contributed by atoms with Gasteiger partial charge in [0.2, 0.25) is 11.7 Å². The number of Topliss-reactive ketones (excluding diaryl/α,β-unsaturated/α-hetero) is 3. The first-order valence-corrected chi connectivity index (χ1v) is 10.4.